The second kappa shape index (κ2) is 9.48. The maximum Gasteiger partial charge on any atom is 0.261 e. The van der Waals surface area contributed by atoms with Gasteiger partial charge in [-0.2, -0.15) is 0 Å². The first-order chi connectivity index (χ1) is 11.6. The lowest BCUT2D eigenvalue weighted by atomic mass is 10.1. The Bertz CT molecular complexity index is 523. The third kappa shape index (κ3) is 6.01. The Labute approximate surface area is 140 Å². The molecule has 1 aliphatic rings. The minimum atomic E-state index is -2.44. The van der Waals surface area contributed by atoms with Gasteiger partial charge in [-0.1, -0.05) is 0 Å². The number of ether oxygens (including phenoxy) is 2. The number of alkyl halides is 2. The molecule has 1 amide bonds. The second-order valence-corrected chi connectivity index (χ2v) is 5.53. The summed E-state index contributed by atoms with van der Waals surface area (Å²) in [5, 5.41) is 2.75. The first-order valence-corrected chi connectivity index (χ1v) is 8.08. The molecular formula is C16H23F2N3O3. The number of hydrogen-bond donors (Lipinski definition) is 1. The largest absolute Gasteiger partial charge is 0.490 e. The molecule has 0 atom stereocenters. The summed E-state index contributed by atoms with van der Waals surface area (Å²) in [6.07, 6.45) is 0.288. The maximum absolute atomic E-state index is 12.2. The van der Waals surface area contributed by atoms with Gasteiger partial charge in [0.25, 0.3) is 6.43 Å². The quantitative estimate of drug-likeness (QED) is 0.784. The van der Waals surface area contributed by atoms with Gasteiger partial charge < -0.3 is 14.8 Å². The lowest BCUT2D eigenvalue weighted by Gasteiger charge is -2.31. The van der Waals surface area contributed by atoms with Gasteiger partial charge in [-0.3, -0.25) is 9.69 Å². The Hall–Kier alpha value is -1.80. The molecule has 1 aromatic rings. The van der Waals surface area contributed by atoms with Gasteiger partial charge >= 0.3 is 0 Å². The predicted molar refractivity (Wildman–Crippen MR) is 85.5 cm³/mol. The van der Waals surface area contributed by atoms with Crippen molar-refractivity contribution in [2.45, 2.75) is 32.3 Å². The molecule has 1 aliphatic heterocycles. The normalized spacial score (nSPS) is 16.3. The lowest BCUT2D eigenvalue weighted by molar-refractivity contribution is -0.118. The molecule has 0 spiro atoms. The number of carbonyl (C=O) groups excluding carboxylic acids is 1. The highest BCUT2D eigenvalue weighted by molar-refractivity contribution is 5.92. The number of carbonyl (C=O) groups is 1. The van der Waals surface area contributed by atoms with Gasteiger partial charge in [0.05, 0.1) is 19.3 Å². The number of piperidine rings is 1. The molecule has 1 saturated heterocycles. The second-order valence-electron chi connectivity index (χ2n) is 5.53. The molecule has 24 heavy (non-hydrogen) atoms. The van der Waals surface area contributed by atoms with Crippen LogP contribution in [0.1, 0.15) is 19.8 Å². The Balaban J connectivity index is 1.76. The fraction of sp³-hybridized carbons (Fsp3) is 0.625. The van der Waals surface area contributed by atoms with E-state index in [-0.39, 0.29) is 18.6 Å². The monoisotopic (exact) mass is 343 g/mol. The molecule has 1 aromatic heterocycles. The van der Waals surface area contributed by atoms with Gasteiger partial charge in [0.15, 0.2) is 11.6 Å². The molecule has 0 aromatic carbocycles. The van der Waals surface area contributed by atoms with Crippen LogP contribution in [0.15, 0.2) is 18.3 Å². The van der Waals surface area contributed by atoms with E-state index in [2.05, 4.69) is 10.3 Å². The van der Waals surface area contributed by atoms with Crippen LogP contribution >= 0.6 is 0 Å². The van der Waals surface area contributed by atoms with E-state index in [1.165, 1.54) is 0 Å². The number of rotatable bonds is 8. The SMILES string of the molecule is CCOc1cccnc1NC(=O)CN1CCC(OCC(F)F)CC1. The van der Waals surface area contributed by atoms with Crippen LogP contribution in [0.3, 0.4) is 0 Å². The van der Waals surface area contributed by atoms with Crippen molar-refractivity contribution in [3.63, 3.8) is 0 Å². The number of aromatic nitrogens is 1. The van der Waals surface area contributed by atoms with Crippen LogP contribution < -0.4 is 10.1 Å². The van der Waals surface area contributed by atoms with Crippen LogP contribution in [0, 0.1) is 0 Å². The summed E-state index contributed by atoms with van der Waals surface area (Å²) in [7, 11) is 0. The fourth-order valence-electron chi connectivity index (χ4n) is 2.57. The molecule has 1 N–H and O–H groups in total. The first kappa shape index (κ1) is 18.5. The van der Waals surface area contributed by atoms with Crippen LogP contribution in [0.25, 0.3) is 0 Å². The smallest absolute Gasteiger partial charge is 0.261 e. The molecule has 6 nitrogen and oxygen atoms in total. The molecule has 0 saturated carbocycles. The summed E-state index contributed by atoms with van der Waals surface area (Å²) >= 11 is 0. The number of pyridine rings is 1. The van der Waals surface area contributed by atoms with Gasteiger partial charge in [-0.25, -0.2) is 13.8 Å². The van der Waals surface area contributed by atoms with Gasteiger partial charge in [0.1, 0.15) is 6.61 Å². The number of likely N-dealkylation sites (tertiary alicyclic amines) is 1. The third-order valence-electron chi connectivity index (χ3n) is 3.69. The van der Waals surface area contributed by atoms with Crippen LogP contribution in [0.4, 0.5) is 14.6 Å². The number of nitrogens with one attached hydrogen (secondary N) is 1. The molecule has 0 radical (unpaired) electrons. The van der Waals surface area contributed by atoms with Crippen molar-refractivity contribution in [3.8, 4) is 5.75 Å². The van der Waals surface area contributed by atoms with Crippen molar-refractivity contribution in [2.24, 2.45) is 0 Å². The van der Waals surface area contributed by atoms with E-state index in [4.69, 9.17) is 9.47 Å². The Morgan fingerprint density at radius 2 is 2.21 bits per heavy atom. The molecule has 2 rings (SSSR count). The highest BCUT2D eigenvalue weighted by Gasteiger charge is 2.22. The minimum Gasteiger partial charge on any atom is -0.490 e. The van der Waals surface area contributed by atoms with Crippen molar-refractivity contribution in [1.29, 1.82) is 0 Å². The number of anilines is 1. The first-order valence-electron chi connectivity index (χ1n) is 8.08. The summed E-state index contributed by atoms with van der Waals surface area (Å²) < 4.78 is 34.8. The zero-order valence-corrected chi connectivity index (χ0v) is 13.7. The number of nitrogens with zero attached hydrogens (tertiary/aromatic N) is 2. The van der Waals surface area contributed by atoms with E-state index in [1.807, 2.05) is 11.8 Å². The van der Waals surface area contributed by atoms with Gasteiger partial charge in [-0.05, 0) is 31.9 Å². The van der Waals surface area contributed by atoms with Crippen molar-refractivity contribution in [3.05, 3.63) is 18.3 Å². The molecular weight excluding hydrogens is 320 g/mol. The predicted octanol–water partition coefficient (Wildman–Crippen LogP) is 2.16. The molecule has 8 heteroatoms. The summed E-state index contributed by atoms with van der Waals surface area (Å²) in [6.45, 7) is 3.33. The number of hydrogen-bond acceptors (Lipinski definition) is 5. The summed E-state index contributed by atoms with van der Waals surface area (Å²) in [5.74, 6) is 0.758. The van der Waals surface area contributed by atoms with Gasteiger partial charge in [0.2, 0.25) is 5.91 Å². The summed E-state index contributed by atoms with van der Waals surface area (Å²) in [5.41, 5.74) is 0. The van der Waals surface area contributed by atoms with Crippen LogP contribution in [-0.2, 0) is 9.53 Å². The summed E-state index contributed by atoms with van der Waals surface area (Å²) in [6, 6.07) is 3.49. The van der Waals surface area contributed by atoms with E-state index in [9.17, 15) is 13.6 Å². The Morgan fingerprint density at radius 3 is 2.88 bits per heavy atom. The van der Waals surface area contributed by atoms with Crippen molar-refractivity contribution < 1.29 is 23.0 Å². The van der Waals surface area contributed by atoms with E-state index < -0.39 is 13.0 Å². The highest BCUT2D eigenvalue weighted by atomic mass is 19.3. The molecule has 0 aliphatic carbocycles. The zero-order valence-electron chi connectivity index (χ0n) is 13.7. The lowest BCUT2D eigenvalue weighted by Crippen LogP contribution is -2.41. The molecule has 0 unspecified atom stereocenters. The summed E-state index contributed by atoms with van der Waals surface area (Å²) in [4.78, 5) is 18.2. The van der Waals surface area contributed by atoms with Crippen LogP contribution in [0.5, 0.6) is 5.75 Å². The molecule has 1 fully saturated rings. The minimum absolute atomic E-state index is 0.154. The Morgan fingerprint density at radius 1 is 1.46 bits per heavy atom. The van der Waals surface area contributed by atoms with Crippen molar-refractivity contribution >= 4 is 11.7 Å². The molecule has 0 bridgehead atoms. The van der Waals surface area contributed by atoms with Crippen LogP contribution in [-0.4, -0.2) is 61.2 Å². The van der Waals surface area contributed by atoms with Gasteiger partial charge in [-0.15, -0.1) is 0 Å². The molecule has 2 heterocycles. The standard InChI is InChI=1S/C16H23F2N3O3/c1-2-23-13-4-3-7-19-16(13)20-15(22)10-21-8-5-12(6-9-21)24-11-14(17)18/h3-4,7,12,14H,2,5-6,8-11H2,1H3,(H,19,20,22). The zero-order chi connectivity index (χ0) is 17.4. The average Bonchev–Trinajstić information content (AvgIpc) is 2.56. The van der Waals surface area contributed by atoms with E-state index in [0.717, 1.165) is 0 Å². The average molecular weight is 343 g/mol. The number of halogens is 2. The van der Waals surface area contributed by atoms with Crippen molar-refractivity contribution in [1.82, 2.24) is 9.88 Å². The van der Waals surface area contributed by atoms with E-state index in [1.54, 1.807) is 18.3 Å². The fourth-order valence-corrected chi connectivity index (χ4v) is 2.57. The van der Waals surface area contributed by atoms with Crippen molar-refractivity contribution in [2.75, 3.05) is 38.2 Å². The third-order valence-corrected chi connectivity index (χ3v) is 3.69. The highest BCUT2D eigenvalue weighted by Crippen LogP contribution is 2.21. The maximum atomic E-state index is 12.2. The topological polar surface area (TPSA) is 63.7 Å². The Kier molecular flexibility index (Phi) is 7.33. The van der Waals surface area contributed by atoms with Gasteiger partial charge in [0, 0.05) is 19.3 Å². The van der Waals surface area contributed by atoms with E-state index in [0.29, 0.717) is 44.1 Å². The van der Waals surface area contributed by atoms with E-state index >= 15 is 0 Å². The molecule has 134 valence electrons. The number of amides is 1. The van der Waals surface area contributed by atoms with Crippen LogP contribution in [0.2, 0.25) is 0 Å².